The molecule has 0 aromatic heterocycles. The zero-order valence-electron chi connectivity index (χ0n) is 14.4. The highest BCUT2D eigenvalue weighted by Crippen LogP contribution is 2.17. The quantitative estimate of drug-likeness (QED) is 0.473. The molecule has 0 saturated carbocycles. The summed E-state index contributed by atoms with van der Waals surface area (Å²) in [5.74, 6) is -1.87. The molecule has 1 amide bonds. The van der Waals surface area contributed by atoms with Crippen LogP contribution < -0.4 is 10.0 Å². The normalized spacial score (nSPS) is 12.3. The van der Waals surface area contributed by atoms with Crippen LogP contribution in [0.5, 0.6) is 0 Å². The zero-order valence-corrected chi connectivity index (χ0v) is 15.9. The number of ether oxygens (including phenoxy) is 1. The summed E-state index contributed by atoms with van der Waals surface area (Å²) in [6, 6.07) is 6.29. The Balaban J connectivity index is 2.75. The first kappa shape index (κ1) is 21.9. The minimum Gasteiger partial charge on any atom is -0.454 e. The van der Waals surface area contributed by atoms with E-state index in [4.69, 9.17) is 21.6 Å². The average molecular weight is 402 g/mol. The van der Waals surface area contributed by atoms with E-state index in [1.807, 2.05) is 6.07 Å². The van der Waals surface area contributed by atoms with Crippen molar-refractivity contribution in [3.05, 3.63) is 29.3 Å². The predicted octanol–water partition coefficient (Wildman–Crippen LogP) is 1.22. The molecular formula is C16H20ClN3O5S. The molecule has 0 aliphatic rings. The molecule has 0 heterocycles. The molecule has 10 heteroatoms. The van der Waals surface area contributed by atoms with Crippen molar-refractivity contribution in [1.82, 2.24) is 10.0 Å². The van der Waals surface area contributed by atoms with Crippen molar-refractivity contribution in [1.29, 1.82) is 5.26 Å². The van der Waals surface area contributed by atoms with Crippen molar-refractivity contribution in [2.24, 2.45) is 5.92 Å². The van der Waals surface area contributed by atoms with Crippen LogP contribution in [0.3, 0.4) is 0 Å². The minimum atomic E-state index is -4.00. The highest BCUT2D eigenvalue weighted by Gasteiger charge is 2.30. The summed E-state index contributed by atoms with van der Waals surface area (Å²) < 4.78 is 32.0. The molecule has 0 fully saturated rings. The van der Waals surface area contributed by atoms with Gasteiger partial charge in [-0.3, -0.25) is 9.59 Å². The molecular weight excluding hydrogens is 382 g/mol. The van der Waals surface area contributed by atoms with E-state index in [9.17, 15) is 18.0 Å². The van der Waals surface area contributed by atoms with E-state index in [0.717, 1.165) is 0 Å². The molecule has 0 bridgehead atoms. The Labute approximate surface area is 157 Å². The standard InChI is InChI=1S/C16H20ClN3O5S/c1-11(2)15(16(22)25-10-14(21)19-8-4-7-18)20-26(23,24)13-6-3-5-12(17)9-13/h3,5-6,9,11,15,20H,4,8,10H2,1-2H3,(H,19,21)/t15-/m0/s1. The van der Waals surface area contributed by atoms with Crippen LogP contribution in [0, 0.1) is 17.2 Å². The van der Waals surface area contributed by atoms with Gasteiger partial charge >= 0.3 is 5.97 Å². The van der Waals surface area contributed by atoms with E-state index in [1.165, 1.54) is 24.3 Å². The summed E-state index contributed by atoms with van der Waals surface area (Å²) in [4.78, 5) is 23.6. The summed E-state index contributed by atoms with van der Waals surface area (Å²) in [5, 5.41) is 11.0. The monoisotopic (exact) mass is 401 g/mol. The molecule has 0 radical (unpaired) electrons. The number of nitrogens with zero attached hydrogens (tertiary/aromatic N) is 1. The molecule has 1 aromatic carbocycles. The number of carbonyl (C=O) groups excluding carboxylic acids is 2. The van der Waals surface area contributed by atoms with Gasteiger partial charge in [0.15, 0.2) is 6.61 Å². The van der Waals surface area contributed by atoms with Gasteiger partial charge in [-0.2, -0.15) is 9.98 Å². The Morgan fingerprint density at radius 1 is 1.35 bits per heavy atom. The van der Waals surface area contributed by atoms with Crippen LogP contribution in [0.1, 0.15) is 20.3 Å². The van der Waals surface area contributed by atoms with Crippen LogP contribution in [0.25, 0.3) is 0 Å². The average Bonchev–Trinajstić information content (AvgIpc) is 2.57. The number of nitrogens with one attached hydrogen (secondary N) is 2. The van der Waals surface area contributed by atoms with Crippen molar-refractivity contribution in [2.75, 3.05) is 13.2 Å². The fraction of sp³-hybridized carbons (Fsp3) is 0.438. The summed E-state index contributed by atoms with van der Waals surface area (Å²) in [5.41, 5.74) is 0. The number of benzene rings is 1. The number of sulfonamides is 1. The fourth-order valence-electron chi connectivity index (χ4n) is 1.86. The number of halogens is 1. The maximum absolute atomic E-state index is 12.4. The number of amides is 1. The molecule has 8 nitrogen and oxygen atoms in total. The summed E-state index contributed by atoms with van der Waals surface area (Å²) in [7, 11) is -4.00. The highest BCUT2D eigenvalue weighted by atomic mass is 35.5. The second-order valence-electron chi connectivity index (χ2n) is 5.67. The second-order valence-corrected chi connectivity index (χ2v) is 7.82. The van der Waals surface area contributed by atoms with Crippen LogP contribution in [0.2, 0.25) is 5.02 Å². The number of hydrogen-bond donors (Lipinski definition) is 2. The van der Waals surface area contributed by atoms with E-state index in [1.54, 1.807) is 13.8 Å². The minimum absolute atomic E-state index is 0.0855. The topological polar surface area (TPSA) is 125 Å². The Morgan fingerprint density at radius 2 is 2.04 bits per heavy atom. The highest BCUT2D eigenvalue weighted by molar-refractivity contribution is 7.89. The Kier molecular flexibility index (Phi) is 8.51. The number of hydrogen-bond acceptors (Lipinski definition) is 6. The van der Waals surface area contributed by atoms with Crippen molar-refractivity contribution in [3.63, 3.8) is 0 Å². The van der Waals surface area contributed by atoms with Gasteiger partial charge in [-0.05, 0) is 24.1 Å². The van der Waals surface area contributed by atoms with Crippen molar-refractivity contribution >= 4 is 33.5 Å². The Bertz CT molecular complexity index is 789. The molecule has 142 valence electrons. The largest absolute Gasteiger partial charge is 0.454 e. The summed E-state index contributed by atoms with van der Waals surface area (Å²) in [6.07, 6.45) is 0.133. The lowest BCUT2D eigenvalue weighted by atomic mass is 10.1. The number of rotatable bonds is 9. The number of esters is 1. The molecule has 0 saturated heterocycles. The third kappa shape index (κ3) is 7.00. The first-order valence-electron chi connectivity index (χ1n) is 7.75. The van der Waals surface area contributed by atoms with Gasteiger partial charge in [0.05, 0.1) is 17.4 Å². The van der Waals surface area contributed by atoms with Crippen LogP contribution in [0.4, 0.5) is 0 Å². The van der Waals surface area contributed by atoms with Crippen molar-refractivity contribution < 1.29 is 22.7 Å². The Morgan fingerprint density at radius 3 is 2.62 bits per heavy atom. The number of nitriles is 1. The SMILES string of the molecule is CC(C)[C@H](NS(=O)(=O)c1cccc(Cl)c1)C(=O)OCC(=O)NCCC#N. The lowest BCUT2D eigenvalue weighted by molar-refractivity contribution is -0.151. The fourth-order valence-corrected chi connectivity index (χ4v) is 3.49. The van der Waals surface area contributed by atoms with E-state index in [2.05, 4.69) is 10.0 Å². The first-order chi connectivity index (χ1) is 12.2. The lowest BCUT2D eigenvalue weighted by Crippen LogP contribution is -2.46. The molecule has 2 N–H and O–H groups in total. The molecule has 26 heavy (non-hydrogen) atoms. The van der Waals surface area contributed by atoms with Gasteiger partial charge in [-0.15, -0.1) is 0 Å². The van der Waals surface area contributed by atoms with Gasteiger partial charge in [0.1, 0.15) is 6.04 Å². The van der Waals surface area contributed by atoms with E-state index < -0.39 is 40.5 Å². The van der Waals surface area contributed by atoms with Gasteiger partial charge in [0.25, 0.3) is 5.91 Å². The first-order valence-corrected chi connectivity index (χ1v) is 9.61. The zero-order chi connectivity index (χ0) is 19.7. The molecule has 1 aromatic rings. The maximum Gasteiger partial charge on any atom is 0.324 e. The van der Waals surface area contributed by atoms with Crippen LogP contribution in [-0.2, 0) is 24.3 Å². The maximum atomic E-state index is 12.4. The van der Waals surface area contributed by atoms with Crippen LogP contribution in [-0.4, -0.2) is 39.5 Å². The molecule has 0 unspecified atom stereocenters. The summed E-state index contributed by atoms with van der Waals surface area (Å²) in [6.45, 7) is 2.85. The van der Waals surface area contributed by atoms with Gasteiger partial charge in [0.2, 0.25) is 10.0 Å². The number of carbonyl (C=O) groups is 2. The predicted molar refractivity (Wildman–Crippen MR) is 94.6 cm³/mol. The third-order valence-electron chi connectivity index (χ3n) is 3.21. The van der Waals surface area contributed by atoms with E-state index >= 15 is 0 Å². The van der Waals surface area contributed by atoms with Crippen molar-refractivity contribution in [3.8, 4) is 6.07 Å². The third-order valence-corrected chi connectivity index (χ3v) is 4.89. The van der Waals surface area contributed by atoms with Gasteiger partial charge in [0, 0.05) is 11.6 Å². The van der Waals surface area contributed by atoms with Crippen molar-refractivity contribution in [2.45, 2.75) is 31.2 Å². The molecule has 0 aliphatic carbocycles. The van der Waals surface area contributed by atoms with Crippen LogP contribution >= 0.6 is 11.6 Å². The molecule has 1 rings (SSSR count). The molecule has 0 spiro atoms. The van der Waals surface area contributed by atoms with Gasteiger partial charge in [-0.1, -0.05) is 31.5 Å². The summed E-state index contributed by atoms with van der Waals surface area (Å²) >= 11 is 5.80. The lowest BCUT2D eigenvalue weighted by Gasteiger charge is -2.20. The molecule has 0 aliphatic heterocycles. The smallest absolute Gasteiger partial charge is 0.324 e. The van der Waals surface area contributed by atoms with Gasteiger partial charge < -0.3 is 10.1 Å². The second kappa shape index (κ2) is 10.1. The molecule has 1 atom stereocenters. The van der Waals surface area contributed by atoms with Crippen LogP contribution in [0.15, 0.2) is 29.2 Å². The van der Waals surface area contributed by atoms with E-state index in [0.29, 0.717) is 0 Å². The Hall–Kier alpha value is -2.15. The van der Waals surface area contributed by atoms with E-state index in [-0.39, 0.29) is 22.9 Å². The van der Waals surface area contributed by atoms with Gasteiger partial charge in [-0.25, -0.2) is 8.42 Å².